The van der Waals surface area contributed by atoms with Crippen molar-refractivity contribution in [3.05, 3.63) is 28.2 Å². The molecule has 0 aromatic heterocycles. The predicted octanol–water partition coefficient (Wildman–Crippen LogP) is 2.85. The lowest BCUT2D eigenvalue weighted by Gasteiger charge is -2.23. The van der Waals surface area contributed by atoms with E-state index in [9.17, 15) is 9.59 Å². The van der Waals surface area contributed by atoms with Crippen LogP contribution < -0.4 is 10.6 Å². The van der Waals surface area contributed by atoms with Gasteiger partial charge in [-0.2, -0.15) is 0 Å². The maximum Gasteiger partial charge on any atom is 0.243 e. The zero-order valence-corrected chi connectivity index (χ0v) is 11.7. The summed E-state index contributed by atoms with van der Waals surface area (Å²) in [6, 6.07) is 4.81. The molecule has 0 heterocycles. The molecule has 1 aromatic carbocycles. The van der Waals surface area contributed by atoms with E-state index < -0.39 is 0 Å². The summed E-state index contributed by atoms with van der Waals surface area (Å²) in [5, 5.41) is 6.11. The zero-order chi connectivity index (χ0) is 13.8. The number of benzene rings is 1. The van der Waals surface area contributed by atoms with E-state index in [4.69, 9.17) is 23.2 Å². The minimum absolute atomic E-state index is 0.0569. The van der Waals surface area contributed by atoms with Gasteiger partial charge in [0.25, 0.3) is 0 Å². The van der Waals surface area contributed by atoms with Gasteiger partial charge in [0.15, 0.2) is 0 Å². The Kier molecular flexibility index (Phi) is 4.66. The molecule has 0 bridgehead atoms. The van der Waals surface area contributed by atoms with E-state index in [0.717, 1.165) is 19.3 Å². The Balaban J connectivity index is 1.83. The van der Waals surface area contributed by atoms with E-state index in [-0.39, 0.29) is 24.3 Å². The molecule has 4 nitrogen and oxygen atoms in total. The first-order chi connectivity index (χ1) is 9.06. The van der Waals surface area contributed by atoms with Crippen LogP contribution in [0, 0.1) is 5.92 Å². The van der Waals surface area contributed by atoms with Crippen molar-refractivity contribution in [1.29, 1.82) is 0 Å². The molecule has 0 aliphatic heterocycles. The van der Waals surface area contributed by atoms with Crippen molar-refractivity contribution in [2.45, 2.75) is 19.3 Å². The Labute approximate surface area is 121 Å². The number of anilines is 1. The molecule has 0 spiro atoms. The first-order valence-corrected chi connectivity index (χ1v) is 6.84. The second-order valence-electron chi connectivity index (χ2n) is 4.52. The summed E-state index contributed by atoms with van der Waals surface area (Å²) in [6.45, 7) is -0.0574. The molecule has 2 rings (SSSR count). The molecule has 0 unspecified atom stereocenters. The summed E-state index contributed by atoms with van der Waals surface area (Å²) in [6.07, 6.45) is 2.91. The van der Waals surface area contributed by atoms with Crippen LogP contribution >= 0.6 is 23.2 Å². The van der Waals surface area contributed by atoms with Crippen LogP contribution in [0.1, 0.15) is 19.3 Å². The third-order valence-electron chi connectivity index (χ3n) is 3.10. The lowest BCUT2D eigenvalue weighted by molar-refractivity contribution is -0.129. The molecule has 1 aromatic rings. The van der Waals surface area contributed by atoms with Crippen molar-refractivity contribution in [3.8, 4) is 0 Å². The molecule has 102 valence electrons. The number of nitrogens with one attached hydrogen (secondary N) is 2. The average Bonchev–Trinajstić information content (AvgIpc) is 2.29. The maximum atomic E-state index is 11.7. The van der Waals surface area contributed by atoms with E-state index in [1.165, 1.54) is 0 Å². The maximum absolute atomic E-state index is 11.7. The molecule has 1 saturated carbocycles. The number of rotatable bonds is 4. The summed E-state index contributed by atoms with van der Waals surface area (Å²) in [5.74, 6) is -0.307. The van der Waals surface area contributed by atoms with Crippen molar-refractivity contribution in [2.24, 2.45) is 5.92 Å². The van der Waals surface area contributed by atoms with Gasteiger partial charge in [0.2, 0.25) is 11.8 Å². The van der Waals surface area contributed by atoms with E-state index in [0.29, 0.717) is 15.7 Å². The fourth-order valence-corrected chi connectivity index (χ4v) is 2.11. The predicted molar refractivity (Wildman–Crippen MR) is 75.4 cm³/mol. The van der Waals surface area contributed by atoms with Crippen LogP contribution in [0.4, 0.5) is 5.69 Å². The highest BCUT2D eigenvalue weighted by Gasteiger charge is 2.25. The fourth-order valence-electron chi connectivity index (χ4n) is 1.77. The van der Waals surface area contributed by atoms with Crippen LogP contribution in [0.15, 0.2) is 18.2 Å². The molecule has 1 aliphatic rings. The molecule has 0 atom stereocenters. The summed E-state index contributed by atoms with van der Waals surface area (Å²) in [4.78, 5) is 23.2. The first-order valence-electron chi connectivity index (χ1n) is 6.09. The third kappa shape index (κ3) is 3.85. The van der Waals surface area contributed by atoms with Crippen molar-refractivity contribution in [3.63, 3.8) is 0 Å². The molecule has 2 N–H and O–H groups in total. The van der Waals surface area contributed by atoms with Gasteiger partial charge in [0.1, 0.15) is 0 Å². The van der Waals surface area contributed by atoms with Crippen LogP contribution in [0.5, 0.6) is 0 Å². The molecule has 6 heteroatoms. The van der Waals surface area contributed by atoms with Crippen molar-refractivity contribution in [2.75, 3.05) is 11.9 Å². The second kappa shape index (κ2) is 6.26. The number of carbonyl (C=O) groups excluding carboxylic acids is 2. The Hall–Kier alpha value is -1.26. The smallest absolute Gasteiger partial charge is 0.243 e. The minimum atomic E-state index is -0.322. The van der Waals surface area contributed by atoms with Crippen molar-refractivity contribution < 1.29 is 9.59 Å². The monoisotopic (exact) mass is 300 g/mol. The van der Waals surface area contributed by atoms with E-state index in [1.54, 1.807) is 18.2 Å². The van der Waals surface area contributed by atoms with Gasteiger partial charge in [-0.25, -0.2) is 0 Å². The highest BCUT2D eigenvalue weighted by molar-refractivity contribution is 6.35. The second-order valence-corrected chi connectivity index (χ2v) is 5.36. The van der Waals surface area contributed by atoms with Gasteiger partial charge in [0.05, 0.1) is 17.3 Å². The Morgan fingerprint density at radius 3 is 2.63 bits per heavy atom. The van der Waals surface area contributed by atoms with Gasteiger partial charge in [0, 0.05) is 10.9 Å². The molecular weight excluding hydrogens is 287 g/mol. The number of hydrogen-bond donors (Lipinski definition) is 2. The number of amides is 2. The lowest BCUT2D eigenvalue weighted by atomic mass is 9.85. The molecular formula is C13H14Cl2N2O2. The normalized spacial score (nSPS) is 14.6. The van der Waals surface area contributed by atoms with Crippen LogP contribution in [0.2, 0.25) is 10.0 Å². The summed E-state index contributed by atoms with van der Waals surface area (Å²) in [7, 11) is 0. The van der Waals surface area contributed by atoms with Gasteiger partial charge in [-0.15, -0.1) is 0 Å². The molecule has 0 saturated heterocycles. The quantitative estimate of drug-likeness (QED) is 0.898. The zero-order valence-electron chi connectivity index (χ0n) is 10.2. The number of hydrogen-bond acceptors (Lipinski definition) is 2. The van der Waals surface area contributed by atoms with Gasteiger partial charge in [-0.1, -0.05) is 29.6 Å². The van der Waals surface area contributed by atoms with Crippen LogP contribution in [-0.2, 0) is 9.59 Å². The number of halogens is 2. The third-order valence-corrected chi connectivity index (χ3v) is 3.67. The molecule has 2 amide bonds. The highest BCUT2D eigenvalue weighted by Crippen LogP contribution is 2.26. The molecule has 0 radical (unpaired) electrons. The topological polar surface area (TPSA) is 58.2 Å². The number of carbonyl (C=O) groups is 2. The van der Waals surface area contributed by atoms with E-state index in [1.807, 2.05) is 0 Å². The van der Waals surface area contributed by atoms with Crippen molar-refractivity contribution in [1.82, 2.24) is 5.32 Å². The average molecular weight is 301 g/mol. The van der Waals surface area contributed by atoms with Gasteiger partial charge >= 0.3 is 0 Å². The Bertz CT molecular complexity index is 501. The van der Waals surface area contributed by atoms with Gasteiger partial charge < -0.3 is 10.6 Å². The molecule has 19 heavy (non-hydrogen) atoms. The van der Waals surface area contributed by atoms with Gasteiger partial charge in [-0.3, -0.25) is 9.59 Å². The fraction of sp³-hybridized carbons (Fsp3) is 0.385. The Morgan fingerprint density at radius 1 is 1.26 bits per heavy atom. The van der Waals surface area contributed by atoms with Gasteiger partial charge in [-0.05, 0) is 31.0 Å². The Morgan fingerprint density at radius 2 is 2.00 bits per heavy atom. The van der Waals surface area contributed by atoms with Crippen LogP contribution in [0.3, 0.4) is 0 Å². The summed E-state index contributed by atoms with van der Waals surface area (Å²) < 4.78 is 0. The SMILES string of the molecule is O=C(CNC(=O)C1CCC1)Nc1cc(Cl)ccc1Cl. The van der Waals surface area contributed by atoms with E-state index in [2.05, 4.69) is 10.6 Å². The summed E-state index contributed by atoms with van der Waals surface area (Å²) >= 11 is 11.7. The largest absolute Gasteiger partial charge is 0.347 e. The van der Waals surface area contributed by atoms with Crippen LogP contribution in [0.25, 0.3) is 0 Å². The first kappa shape index (κ1) is 14.2. The lowest BCUT2D eigenvalue weighted by Crippen LogP contribution is -2.39. The standard InChI is InChI=1S/C13H14Cl2N2O2/c14-9-4-5-10(15)11(6-9)17-12(18)7-16-13(19)8-2-1-3-8/h4-6,8H,1-3,7H2,(H,16,19)(H,17,18). The summed E-state index contributed by atoms with van der Waals surface area (Å²) in [5.41, 5.74) is 0.442. The minimum Gasteiger partial charge on any atom is -0.347 e. The molecule has 1 aliphatic carbocycles. The van der Waals surface area contributed by atoms with Crippen molar-refractivity contribution >= 4 is 40.7 Å². The highest BCUT2D eigenvalue weighted by atomic mass is 35.5. The van der Waals surface area contributed by atoms with Crippen LogP contribution in [-0.4, -0.2) is 18.4 Å². The molecule has 1 fully saturated rings. The van der Waals surface area contributed by atoms with E-state index >= 15 is 0 Å².